The van der Waals surface area contributed by atoms with Crippen molar-refractivity contribution in [3.8, 4) is 11.5 Å². The van der Waals surface area contributed by atoms with Crippen molar-refractivity contribution < 1.29 is 38.1 Å². The summed E-state index contributed by atoms with van der Waals surface area (Å²) in [6.45, 7) is 19.4. The highest BCUT2D eigenvalue weighted by Crippen LogP contribution is 2.30. The van der Waals surface area contributed by atoms with Crippen molar-refractivity contribution in [1.29, 1.82) is 0 Å². The van der Waals surface area contributed by atoms with Crippen LogP contribution in [0.25, 0.3) is 0 Å². The minimum atomic E-state index is -0.767. The van der Waals surface area contributed by atoms with Gasteiger partial charge in [0.15, 0.2) is 0 Å². The summed E-state index contributed by atoms with van der Waals surface area (Å²) in [6, 6.07) is 2.83. The molecule has 14 heteroatoms. The number of alkyl carbamates (subject to hydrolysis) is 2. The van der Waals surface area contributed by atoms with Gasteiger partial charge in [-0.05, 0) is 67.4 Å². The third-order valence-corrected chi connectivity index (χ3v) is 5.29. The van der Waals surface area contributed by atoms with Gasteiger partial charge in [0.1, 0.15) is 34.4 Å². The second-order valence-electron chi connectivity index (χ2n) is 12.0. The van der Waals surface area contributed by atoms with E-state index >= 15 is 0 Å². The molecule has 252 valence electrons. The Bertz CT molecular complexity index is 1220. The van der Waals surface area contributed by atoms with E-state index in [0.29, 0.717) is 44.7 Å². The molecule has 0 radical (unpaired) electrons. The monoisotopic (exact) mass is 634 g/mol. The molecule has 0 fully saturated rings. The molecule has 0 spiro atoms. The van der Waals surface area contributed by atoms with Crippen molar-refractivity contribution in [2.45, 2.75) is 85.9 Å². The molecular formula is C31H50N6O8. The highest BCUT2D eigenvalue weighted by molar-refractivity contribution is 6.02. The van der Waals surface area contributed by atoms with Gasteiger partial charge in [-0.25, -0.2) is 9.59 Å². The smallest absolute Gasteiger partial charge is 0.413 e. The molecule has 45 heavy (non-hydrogen) atoms. The van der Waals surface area contributed by atoms with E-state index in [9.17, 15) is 19.2 Å². The van der Waals surface area contributed by atoms with Gasteiger partial charge in [0, 0.05) is 32.1 Å². The molecule has 6 N–H and O–H groups in total. The maximum Gasteiger partial charge on any atom is 0.413 e. The number of ether oxygens (including phenoxy) is 4. The Balaban J connectivity index is 2.86. The number of aliphatic imine (C=N–C) groups is 1. The zero-order valence-corrected chi connectivity index (χ0v) is 27.8. The third-order valence-electron chi connectivity index (χ3n) is 5.29. The van der Waals surface area contributed by atoms with E-state index < -0.39 is 35.2 Å². The van der Waals surface area contributed by atoms with E-state index in [-0.39, 0.29) is 41.7 Å². The molecule has 4 amide bonds. The first kappa shape index (κ1) is 38.5. The number of hydrogen-bond donors (Lipinski definition) is 5. The van der Waals surface area contributed by atoms with Gasteiger partial charge in [0.2, 0.25) is 0 Å². The predicted octanol–water partition coefficient (Wildman–Crippen LogP) is 3.99. The van der Waals surface area contributed by atoms with Crippen molar-refractivity contribution in [3.05, 3.63) is 35.7 Å². The second kappa shape index (κ2) is 18.3. The maximum absolute atomic E-state index is 12.9. The molecule has 0 heterocycles. The Morgan fingerprint density at radius 3 is 1.93 bits per heavy atom. The van der Waals surface area contributed by atoms with Crippen LogP contribution in [0.15, 0.2) is 29.5 Å². The number of nitrogens with two attached hydrogens (primary N) is 1. The molecule has 0 aromatic heterocycles. The van der Waals surface area contributed by atoms with Crippen LogP contribution in [0.1, 0.15) is 95.4 Å². The number of carbonyl (C=O) groups is 4. The fourth-order valence-corrected chi connectivity index (χ4v) is 3.45. The predicted molar refractivity (Wildman–Crippen MR) is 172 cm³/mol. The zero-order chi connectivity index (χ0) is 34.2. The van der Waals surface area contributed by atoms with Gasteiger partial charge >= 0.3 is 12.2 Å². The quantitative estimate of drug-likeness (QED) is 0.102. The van der Waals surface area contributed by atoms with Gasteiger partial charge in [-0.1, -0.05) is 13.5 Å². The van der Waals surface area contributed by atoms with Gasteiger partial charge in [-0.2, -0.15) is 0 Å². The summed E-state index contributed by atoms with van der Waals surface area (Å²) in [4.78, 5) is 53.2. The maximum atomic E-state index is 12.9. The van der Waals surface area contributed by atoms with Crippen molar-refractivity contribution >= 4 is 29.8 Å². The van der Waals surface area contributed by atoms with Crippen LogP contribution in [0.5, 0.6) is 11.5 Å². The van der Waals surface area contributed by atoms with Gasteiger partial charge in [0.05, 0.1) is 24.3 Å². The minimum Gasteiger partial charge on any atom is -0.493 e. The Morgan fingerprint density at radius 2 is 1.38 bits per heavy atom. The molecule has 0 aliphatic carbocycles. The lowest BCUT2D eigenvalue weighted by Crippen LogP contribution is -2.36. The molecule has 0 atom stereocenters. The Labute approximate surface area is 265 Å². The van der Waals surface area contributed by atoms with Crippen molar-refractivity contribution in [1.82, 2.24) is 21.3 Å². The number of primary amides is 1. The zero-order valence-electron chi connectivity index (χ0n) is 27.8. The summed E-state index contributed by atoms with van der Waals surface area (Å²) in [6.07, 6.45) is 0.426. The lowest BCUT2D eigenvalue weighted by molar-refractivity contribution is 0.0537. The minimum absolute atomic E-state index is 0.0291. The first-order valence-corrected chi connectivity index (χ1v) is 14.9. The first-order valence-electron chi connectivity index (χ1n) is 14.9. The lowest BCUT2D eigenvalue weighted by Gasteiger charge is -2.20. The Kier molecular flexibility index (Phi) is 15.7. The molecule has 0 unspecified atom stereocenters. The van der Waals surface area contributed by atoms with Crippen molar-refractivity contribution in [2.24, 2.45) is 10.7 Å². The van der Waals surface area contributed by atoms with Crippen molar-refractivity contribution in [2.75, 3.05) is 32.8 Å². The Hall–Kier alpha value is -4.49. The van der Waals surface area contributed by atoms with E-state index in [4.69, 9.17) is 24.7 Å². The fraction of sp³-hybridized carbons (Fsp3) is 0.581. The third kappa shape index (κ3) is 16.8. The molecule has 0 aliphatic heterocycles. The topological polar surface area (TPSA) is 192 Å². The first-order chi connectivity index (χ1) is 20.9. The summed E-state index contributed by atoms with van der Waals surface area (Å²) in [5.74, 6) is -0.160. The number of nitrogens with one attached hydrogen (secondary N) is 4. The highest BCUT2D eigenvalue weighted by atomic mass is 16.6. The van der Waals surface area contributed by atoms with Gasteiger partial charge in [0.25, 0.3) is 11.8 Å². The standard InChI is InChI=1S/C31H50N6O8/c1-10-13-35-27(39)23-18-22(26(32)38)24(42-16-11-14-33-20(2)36-28(40)44-30(4,5)6)19-25(23)43-17-12-15-34-21(3)37-29(41)45-31(7,8)9/h18-19,33H,2,10-17H2,1,3-9H3,(H2,32,38)(H,35,39)(H,36,40)(H,34,37,41). The molecule has 0 aliphatic rings. The normalized spacial score (nSPS) is 11.6. The van der Waals surface area contributed by atoms with Gasteiger partial charge in [-0.3, -0.25) is 25.2 Å². The number of nitrogens with zero attached hydrogens (tertiary/aromatic N) is 1. The van der Waals surface area contributed by atoms with E-state index in [1.165, 1.54) is 12.1 Å². The molecule has 14 nitrogen and oxygen atoms in total. The molecule has 0 bridgehead atoms. The van der Waals surface area contributed by atoms with E-state index in [1.54, 1.807) is 48.5 Å². The van der Waals surface area contributed by atoms with Crippen LogP contribution >= 0.6 is 0 Å². The molecule has 1 rings (SSSR count). The van der Waals surface area contributed by atoms with Crippen LogP contribution in [-0.2, 0) is 9.47 Å². The number of amidine groups is 1. The number of rotatable bonds is 16. The summed E-state index contributed by atoms with van der Waals surface area (Å²) < 4.78 is 22.2. The summed E-state index contributed by atoms with van der Waals surface area (Å²) in [7, 11) is 0. The average molecular weight is 635 g/mol. The van der Waals surface area contributed by atoms with Crippen LogP contribution < -0.4 is 36.5 Å². The van der Waals surface area contributed by atoms with E-state index in [0.717, 1.165) is 0 Å². The average Bonchev–Trinajstić information content (AvgIpc) is 2.88. The fourth-order valence-electron chi connectivity index (χ4n) is 3.45. The number of benzene rings is 1. The van der Waals surface area contributed by atoms with Crippen molar-refractivity contribution in [3.63, 3.8) is 0 Å². The van der Waals surface area contributed by atoms with Gasteiger partial charge < -0.3 is 35.3 Å². The summed E-state index contributed by atoms with van der Waals surface area (Å²) in [5, 5.41) is 10.8. The molecule has 0 saturated carbocycles. The number of carbonyl (C=O) groups excluding carboxylic acids is 4. The summed E-state index contributed by atoms with van der Waals surface area (Å²) >= 11 is 0. The van der Waals surface area contributed by atoms with E-state index in [2.05, 4.69) is 32.8 Å². The Morgan fingerprint density at radius 1 is 0.822 bits per heavy atom. The number of hydrogen-bond acceptors (Lipinski definition) is 10. The largest absolute Gasteiger partial charge is 0.493 e. The van der Waals surface area contributed by atoms with Crippen LogP contribution in [0, 0.1) is 0 Å². The number of amides is 4. The molecular weight excluding hydrogens is 584 g/mol. The molecule has 0 saturated heterocycles. The van der Waals surface area contributed by atoms with Gasteiger partial charge in [-0.15, -0.1) is 0 Å². The van der Waals surface area contributed by atoms with Crippen LogP contribution in [0.2, 0.25) is 0 Å². The highest BCUT2D eigenvalue weighted by Gasteiger charge is 2.21. The van der Waals surface area contributed by atoms with E-state index in [1.807, 2.05) is 6.92 Å². The van der Waals surface area contributed by atoms with Crippen LogP contribution in [0.3, 0.4) is 0 Å². The SMILES string of the molecule is C=C(NCCCOc1cc(OCCCN=C(C)NC(=O)OC(C)(C)C)c(C(=O)NCCC)cc1C(N)=O)NC(=O)OC(C)(C)C. The molecule has 1 aromatic rings. The second-order valence-corrected chi connectivity index (χ2v) is 12.0. The lowest BCUT2D eigenvalue weighted by atomic mass is 10.1. The summed E-state index contributed by atoms with van der Waals surface area (Å²) in [5.41, 5.74) is 4.51. The molecule has 1 aromatic carbocycles. The van der Waals surface area contributed by atoms with Crippen LogP contribution in [-0.4, -0.2) is 73.9 Å². The van der Waals surface area contributed by atoms with Crippen LogP contribution in [0.4, 0.5) is 9.59 Å².